The van der Waals surface area contributed by atoms with Crippen LogP contribution in [0.25, 0.3) is 16.2 Å². The number of benzene rings is 1. The van der Waals surface area contributed by atoms with E-state index >= 15 is 0 Å². The van der Waals surface area contributed by atoms with Gasteiger partial charge in [0.05, 0.1) is 5.69 Å². The predicted molar refractivity (Wildman–Crippen MR) is 103 cm³/mol. The molecule has 0 unspecified atom stereocenters. The molecule has 3 aromatic heterocycles. The van der Waals surface area contributed by atoms with Gasteiger partial charge in [0.2, 0.25) is 5.16 Å². The first-order chi connectivity index (χ1) is 12.7. The minimum Gasteiger partial charge on any atom is -0.350 e. The average molecular weight is 384 g/mol. The van der Waals surface area contributed by atoms with Crippen molar-refractivity contribution >= 4 is 34.0 Å². The molecular formula is C17H16N6OS2. The van der Waals surface area contributed by atoms with Gasteiger partial charge >= 0.3 is 0 Å². The van der Waals surface area contributed by atoms with Crippen LogP contribution in [0.3, 0.4) is 0 Å². The lowest BCUT2D eigenvalue weighted by Crippen LogP contribution is -2.26. The molecule has 0 aliphatic rings. The van der Waals surface area contributed by atoms with Crippen LogP contribution < -0.4 is 5.32 Å². The van der Waals surface area contributed by atoms with E-state index in [2.05, 4.69) is 25.5 Å². The maximum atomic E-state index is 12.5. The van der Waals surface area contributed by atoms with E-state index < -0.39 is 0 Å². The molecule has 4 aromatic rings. The lowest BCUT2D eigenvalue weighted by Gasteiger charge is -2.03. The van der Waals surface area contributed by atoms with Crippen LogP contribution in [0.5, 0.6) is 0 Å². The van der Waals surface area contributed by atoms with Gasteiger partial charge < -0.3 is 5.32 Å². The van der Waals surface area contributed by atoms with Crippen molar-refractivity contribution in [3.05, 3.63) is 53.4 Å². The van der Waals surface area contributed by atoms with Crippen molar-refractivity contribution in [3.63, 3.8) is 0 Å². The molecule has 0 radical (unpaired) electrons. The number of thioether (sulfide) groups is 1. The SMILES string of the molecule is Cc1nc(SCCNC(=O)c2csc3nc(-c4ccccc4)cn23)n[nH]1. The van der Waals surface area contributed by atoms with E-state index in [4.69, 9.17) is 0 Å². The Morgan fingerprint density at radius 1 is 1.31 bits per heavy atom. The number of aryl methyl sites for hydroxylation is 1. The molecule has 26 heavy (non-hydrogen) atoms. The largest absolute Gasteiger partial charge is 0.350 e. The quantitative estimate of drug-likeness (QED) is 0.394. The standard InChI is InChI=1S/C17H16N6OS2/c1-11-19-16(22-21-11)25-8-7-18-15(24)14-10-26-17-20-13(9-23(14)17)12-5-3-2-4-6-12/h2-6,9-10H,7-8H2,1H3,(H,18,24)(H,19,21,22). The lowest BCUT2D eigenvalue weighted by atomic mass is 10.2. The summed E-state index contributed by atoms with van der Waals surface area (Å²) in [6.07, 6.45) is 1.90. The Bertz CT molecular complexity index is 1040. The first-order valence-corrected chi connectivity index (χ1v) is 9.89. The van der Waals surface area contributed by atoms with Crippen molar-refractivity contribution in [2.75, 3.05) is 12.3 Å². The fraction of sp³-hybridized carbons (Fsp3) is 0.176. The van der Waals surface area contributed by atoms with E-state index in [9.17, 15) is 4.79 Å². The number of rotatable bonds is 6. The molecule has 1 aromatic carbocycles. The highest BCUT2D eigenvalue weighted by Crippen LogP contribution is 2.23. The van der Waals surface area contributed by atoms with E-state index in [1.54, 1.807) is 0 Å². The van der Waals surface area contributed by atoms with Crippen LogP contribution in [-0.2, 0) is 0 Å². The van der Waals surface area contributed by atoms with Crippen molar-refractivity contribution < 1.29 is 4.79 Å². The van der Waals surface area contributed by atoms with Crippen LogP contribution in [0.2, 0.25) is 0 Å². The number of nitrogens with one attached hydrogen (secondary N) is 2. The van der Waals surface area contributed by atoms with Gasteiger partial charge in [0.1, 0.15) is 11.5 Å². The molecule has 0 atom stereocenters. The Balaban J connectivity index is 1.41. The zero-order chi connectivity index (χ0) is 17.9. The number of carbonyl (C=O) groups excluding carboxylic acids is 1. The Hall–Kier alpha value is -2.65. The van der Waals surface area contributed by atoms with Gasteiger partial charge in [0, 0.05) is 29.4 Å². The molecule has 0 saturated carbocycles. The Labute approximate surface area is 157 Å². The monoisotopic (exact) mass is 384 g/mol. The number of H-pyrrole nitrogens is 1. The van der Waals surface area contributed by atoms with Crippen molar-refractivity contribution in [1.29, 1.82) is 0 Å². The normalized spacial score (nSPS) is 11.1. The highest BCUT2D eigenvalue weighted by molar-refractivity contribution is 7.99. The molecule has 0 spiro atoms. The first kappa shape index (κ1) is 16.8. The third-order valence-corrected chi connectivity index (χ3v) is 5.40. The second-order valence-corrected chi connectivity index (χ2v) is 7.47. The first-order valence-electron chi connectivity index (χ1n) is 8.03. The van der Waals surface area contributed by atoms with Gasteiger partial charge in [-0.3, -0.25) is 14.3 Å². The Kier molecular flexibility index (Phi) is 4.72. The number of nitrogens with zero attached hydrogens (tertiary/aromatic N) is 4. The van der Waals surface area contributed by atoms with E-state index in [-0.39, 0.29) is 5.91 Å². The Morgan fingerprint density at radius 3 is 2.92 bits per heavy atom. The smallest absolute Gasteiger partial charge is 0.269 e. The summed E-state index contributed by atoms with van der Waals surface area (Å²) in [5.74, 6) is 1.38. The number of hydrogen-bond acceptors (Lipinski definition) is 6. The fourth-order valence-corrected chi connectivity index (χ4v) is 4.03. The average Bonchev–Trinajstić information content (AvgIpc) is 3.34. The van der Waals surface area contributed by atoms with Gasteiger partial charge in [-0.05, 0) is 6.92 Å². The minimum absolute atomic E-state index is 0.111. The van der Waals surface area contributed by atoms with Crippen molar-refractivity contribution in [3.8, 4) is 11.3 Å². The van der Waals surface area contributed by atoms with Crippen LogP contribution in [0, 0.1) is 6.92 Å². The lowest BCUT2D eigenvalue weighted by molar-refractivity contribution is 0.0950. The number of amides is 1. The number of aromatic nitrogens is 5. The summed E-state index contributed by atoms with van der Waals surface area (Å²) in [4.78, 5) is 22.1. The van der Waals surface area contributed by atoms with E-state index in [0.717, 1.165) is 22.0 Å². The number of imidazole rings is 1. The summed E-state index contributed by atoms with van der Waals surface area (Å²) in [5, 5.41) is 12.3. The maximum Gasteiger partial charge on any atom is 0.269 e. The van der Waals surface area contributed by atoms with E-state index in [1.807, 2.05) is 53.2 Å². The molecule has 1 amide bonds. The topological polar surface area (TPSA) is 88.0 Å². The molecule has 7 nitrogen and oxygen atoms in total. The van der Waals surface area contributed by atoms with Crippen LogP contribution in [-0.4, -0.2) is 42.8 Å². The fourth-order valence-electron chi connectivity index (χ4n) is 2.48. The summed E-state index contributed by atoms with van der Waals surface area (Å²) in [7, 11) is 0. The molecule has 0 aliphatic carbocycles. The maximum absolute atomic E-state index is 12.5. The minimum atomic E-state index is -0.111. The zero-order valence-corrected chi connectivity index (χ0v) is 15.6. The van der Waals surface area contributed by atoms with Crippen molar-refractivity contribution in [1.82, 2.24) is 29.9 Å². The summed E-state index contributed by atoms with van der Waals surface area (Å²) < 4.78 is 1.84. The second kappa shape index (κ2) is 7.30. The van der Waals surface area contributed by atoms with Crippen molar-refractivity contribution in [2.24, 2.45) is 0 Å². The summed E-state index contributed by atoms with van der Waals surface area (Å²) >= 11 is 2.96. The molecular weight excluding hydrogens is 368 g/mol. The zero-order valence-electron chi connectivity index (χ0n) is 14.0. The van der Waals surface area contributed by atoms with Gasteiger partial charge in [0.15, 0.2) is 4.96 Å². The van der Waals surface area contributed by atoms with E-state index in [1.165, 1.54) is 23.1 Å². The van der Waals surface area contributed by atoms with Crippen LogP contribution in [0.1, 0.15) is 16.3 Å². The molecule has 3 heterocycles. The van der Waals surface area contributed by atoms with E-state index in [0.29, 0.717) is 23.1 Å². The van der Waals surface area contributed by atoms with Gasteiger partial charge in [-0.1, -0.05) is 42.1 Å². The third-order valence-electron chi connectivity index (χ3n) is 3.71. The molecule has 132 valence electrons. The number of aromatic amines is 1. The molecule has 0 saturated heterocycles. The second-order valence-electron chi connectivity index (χ2n) is 5.57. The number of carbonyl (C=O) groups is 1. The molecule has 2 N–H and O–H groups in total. The summed E-state index contributed by atoms with van der Waals surface area (Å²) in [6.45, 7) is 2.39. The molecule has 4 rings (SSSR count). The van der Waals surface area contributed by atoms with Gasteiger partial charge in [0.25, 0.3) is 5.91 Å². The highest BCUT2D eigenvalue weighted by atomic mass is 32.2. The van der Waals surface area contributed by atoms with Crippen LogP contribution in [0.15, 0.2) is 47.1 Å². The Morgan fingerprint density at radius 2 is 2.15 bits per heavy atom. The molecule has 0 fully saturated rings. The predicted octanol–water partition coefficient (Wildman–Crippen LogP) is 3.01. The van der Waals surface area contributed by atoms with Crippen LogP contribution in [0.4, 0.5) is 0 Å². The third kappa shape index (κ3) is 3.49. The van der Waals surface area contributed by atoms with Gasteiger partial charge in [-0.15, -0.1) is 16.4 Å². The van der Waals surface area contributed by atoms with Gasteiger partial charge in [-0.2, -0.15) is 0 Å². The summed E-state index contributed by atoms with van der Waals surface area (Å²) in [6, 6.07) is 9.94. The van der Waals surface area contributed by atoms with Gasteiger partial charge in [-0.25, -0.2) is 9.97 Å². The van der Waals surface area contributed by atoms with Crippen molar-refractivity contribution in [2.45, 2.75) is 12.1 Å². The molecule has 9 heteroatoms. The summed E-state index contributed by atoms with van der Waals surface area (Å²) in [5.41, 5.74) is 2.49. The van der Waals surface area contributed by atoms with Crippen LogP contribution >= 0.6 is 23.1 Å². The number of hydrogen-bond donors (Lipinski definition) is 2. The highest BCUT2D eigenvalue weighted by Gasteiger charge is 2.15. The number of fused-ring (bicyclic) bond motifs is 1. The molecule has 0 aliphatic heterocycles. The molecule has 0 bridgehead atoms. The number of thiazole rings is 1.